The fourth-order valence-electron chi connectivity index (χ4n) is 11.0. The van der Waals surface area contributed by atoms with Gasteiger partial charge in [-0.05, 0) is 119 Å². The zero-order valence-electron chi connectivity index (χ0n) is 36.6. The molecule has 1 aromatic heterocycles. The molecule has 0 saturated heterocycles. The minimum atomic E-state index is -0.606. The largest absolute Gasteiger partial charge is 0.228 e. The summed E-state index contributed by atoms with van der Waals surface area (Å²) in [6.07, 6.45) is 0. The smallest absolute Gasteiger partial charge is 0.160 e. The summed E-state index contributed by atoms with van der Waals surface area (Å²) >= 11 is 0. The number of rotatable bonds is 6. The Morgan fingerprint density at radius 3 is 1.18 bits per heavy atom. The number of aromatic nitrogens is 2. The fraction of sp³-hybridized carbons (Fsp3) is 0.0154. The first-order chi connectivity index (χ1) is 33.2. The van der Waals surface area contributed by atoms with Gasteiger partial charge in [0.1, 0.15) is 0 Å². The minimum absolute atomic E-state index is 0.606. The van der Waals surface area contributed by atoms with Crippen molar-refractivity contribution in [1.29, 1.82) is 0 Å². The highest BCUT2D eigenvalue weighted by molar-refractivity contribution is 6.01. The Hall–Kier alpha value is -8.72. The van der Waals surface area contributed by atoms with Crippen LogP contribution in [0.3, 0.4) is 0 Å². The molecule has 1 spiro atoms. The van der Waals surface area contributed by atoms with Crippen LogP contribution in [0, 0.1) is 0 Å². The predicted octanol–water partition coefficient (Wildman–Crippen LogP) is 16.5. The summed E-state index contributed by atoms with van der Waals surface area (Å²) < 4.78 is 0. The van der Waals surface area contributed by atoms with Crippen molar-refractivity contribution in [3.63, 3.8) is 0 Å². The molecule has 1 heterocycles. The summed E-state index contributed by atoms with van der Waals surface area (Å²) in [5.74, 6) is 0.673. The second-order valence-electron chi connectivity index (χ2n) is 17.6. The average molecular weight is 851 g/mol. The van der Waals surface area contributed by atoms with E-state index in [2.05, 4.69) is 255 Å². The summed E-state index contributed by atoms with van der Waals surface area (Å²) in [7, 11) is 0. The molecule has 10 aromatic carbocycles. The van der Waals surface area contributed by atoms with Gasteiger partial charge in [-0.3, -0.25) is 0 Å². The molecular weight excluding hydrogens is 809 g/mol. The third kappa shape index (κ3) is 6.26. The number of benzene rings is 10. The summed E-state index contributed by atoms with van der Waals surface area (Å²) in [5, 5.41) is 0. The standard InChI is InChI=1S/C65H42N2/c1-4-20-43(21-5-1)46-26-18-27-47(38-46)61-42-62(67-64(66-61)50-40-48(44-22-6-2-7-23-44)39-49(41-50)45-24-8-3-9-25-45)56-33-19-37-60-63(56)55-32-14-17-36-59(55)65(60)57-34-15-12-30-53(57)51-28-10-11-29-52(51)54-31-13-16-35-58(54)65/h1-42H. The van der Waals surface area contributed by atoms with Gasteiger partial charge in [-0.1, -0.05) is 224 Å². The molecule has 0 radical (unpaired) electrons. The molecule has 0 saturated carbocycles. The maximum atomic E-state index is 5.66. The van der Waals surface area contributed by atoms with E-state index in [9.17, 15) is 0 Å². The van der Waals surface area contributed by atoms with Gasteiger partial charge < -0.3 is 0 Å². The molecule has 0 atom stereocenters. The van der Waals surface area contributed by atoms with Crippen LogP contribution in [0.2, 0.25) is 0 Å². The third-order valence-corrected chi connectivity index (χ3v) is 13.9. The van der Waals surface area contributed by atoms with Crippen LogP contribution in [0.25, 0.3) is 101 Å². The second kappa shape index (κ2) is 15.8. The molecule has 0 fully saturated rings. The van der Waals surface area contributed by atoms with Gasteiger partial charge in [0.25, 0.3) is 0 Å². The van der Waals surface area contributed by atoms with Crippen LogP contribution >= 0.6 is 0 Å². The minimum Gasteiger partial charge on any atom is -0.228 e. The first-order valence-electron chi connectivity index (χ1n) is 23.1. The Labute approximate surface area is 391 Å². The van der Waals surface area contributed by atoms with E-state index in [1.807, 2.05) is 0 Å². The van der Waals surface area contributed by atoms with Gasteiger partial charge in [0, 0.05) is 16.7 Å². The summed E-state index contributed by atoms with van der Waals surface area (Å²) in [6, 6.07) is 92.6. The lowest BCUT2D eigenvalue weighted by Gasteiger charge is -2.35. The molecule has 312 valence electrons. The van der Waals surface area contributed by atoms with Gasteiger partial charge in [-0.2, -0.15) is 0 Å². The van der Waals surface area contributed by atoms with Crippen LogP contribution in [0.15, 0.2) is 255 Å². The molecule has 2 aliphatic rings. The lowest BCUT2D eigenvalue weighted by Crippen LogP contribution is -2.29. The molecule has 0 aliphatic heterocycles. The predicted molar refractivity (Wildman–Crippen MR) is 276 cm³/mol. The number of fused-ring (bicyclic) bond motifs is 12. The average Bonchev–Trinajstić information content (AvgIpc) is 3.66. The van der Waals surface area contributed by atoms with Gasteiger partial charge in [0.15, 0.2) is 5.82 Å². The maximum Gasteiger partial charge on any atom is 0.160 e. The fourth-order valence-corrected chi connectivity index (χ4v) is 11.0. The van der Waals surface area contributed by atoms with E-state index in [0.29, 0.717) is 5.82 Å². The van der Waals surface area contributed by atoms with Crippen LogP contribution in [-0.4, -0.2) is 9.97 Å². The zero-order valence-corrected chi connectivity index (χ0v) is 36.6. The third-order valence-electron chi connectivity index (χ3n) is 13.9. The van der Waals surface area contributed by atoms with Crippen molar-refractivity contribution in [2.24, 2.45) is 0 Å². The van der Waals surface area contributed by atoms with E-state index in [-0.39, 0.29) is 0 Å². The normalized spacial score (nSPS) is 12.6. The van der Waals surface area contributed by atoms with Crippen LogP contribution in [0.1, 0.15) is 22.3 Å². The Balaban J connectivity index is 1.10. The van der Waals surface area contributed by atoms with Crippen LogP contribution < -0.4 is 0 Å². The number of hydrogen-bond acceptors (Lipinski definition) is 2. The Morgan fingerprint density at radius 2 is 0.597 bits per heavy atom. The van der Waals surface area contributed by atoms with Crippen molar-refractivity contribution < 1.29 is 0 Å². The van der Waals surface area contributed by atoms with Crippen LogP contribution in [0.5, 0.6) is 0 Å². The summed E-state index contributed by atoms with van der Waals surface area (Å²) in [4.78, 5) is 11.2. The molecule has 0 amide bonds. The van der Waals surface area contributed by atoms with E-state index in [1.165, 1.54) is 55.6 Å². The lowest BCUT2D eigenvalue weighted by atomic mass is 9.66. The molecule has 2 aliphatic carbocycles. The highest BCUT2D eigenvalue weighted by atomic mass is 14.9. The lowest BCUT2D eigenvalue weighted by molar-refractivity contribution is 0.775. The highest BCUT2D eigenvalue weighted by Gasteiger charge is 2.50. The van der Waals surface area contributed by atoms with Crippen molar-refractivity contribution in [2.75, 3.05) is 0 Å². The van der Waals surface area contributed by atoms with Crippen molar-refractivity contribution in [2.45, 2.75) is 5.41 Å². The topological polar surface area (TPSA) is 25.8 Å². The monoisotopic (exact) mass is 850 g/mol. The molecule has 11 aromatic rings. The Bertz CT molecular complexity index is 3560. The molecule has 0 N–H and O–H groups in total. The second-order valence-corrected chi connectivity index (χ2v) is 17.6. The molecule has 0 bridgehead atoms. The van der Waals surface area contributed by atoms with Crippen LogP contribution in [-0.2, 0) is 5.41 Å². The first kappa shape index (κ1) is 38.7. The highest BCUT2D eigenvalue weighted by Crippen LogP contribution is 2.62. The van der Waals surface area contributed by atoms with Gasteiger partial charge in [-0.15, -0.1) is 0 Å². The van der Waals surface area contributed by atoms with Gasteiger partial charge in [0.2, 0.25) is 0 Å². The Morgan fingerprint density at radius 1 is 0.224 bits per heavy atom. The quantitative estimate of drug-likeness (QED) is 0.167. The van der Waals surface area contributed by atoms with Crippen molar-refractivity contribution in [3.8, 4) is 101 Å². The number of hydrogen-bond donors (Lipinski definition) is 0. The number of nitrogens with zero attached hydrogens (tertiary/aromatic N) is 2. The van der Waals surface area contributed by atoms with E-state index in [0.717, 1.165) is 61.5 Å². The summed E-state index contributed by atoms with van der Waals surface area (Å²) in [6.45, 7) is 0. The summed E-state index contributed by atoms with van der Waals surface area (Å²) in [5.41, 5.74) is 23.5. The molecule has 2 heteroatoms. The molecule has 0 unspecified atom stereocenters. The molecule has 13 rings (SSSR count). The SMILES string of the molecule is c1ccc(-c2cccc(-c3cc(-c4cccc5c4-c4ccccc4C54c5ccccc5-c5ccccc5-c5ccccc54)nc(-c4cc(-c5ccccc5)cc(-c5ccccc5)c4)n3)c2)cc1. The van der Waals surface area contributed by atoms with E-state index >= 15 is 0 Å². The molecule has 2 nitrogen and oxygen atoms in total. The van der Waals surface area contributed by atoms with Crippen molar-refractivity contribution in [1.82, 2.24) is 9.97 Å². The van der Waals surface area contributed by atoms with Crippen LogP contribution in [0.4, 0.5) is 0 Å². The van der Waals surface area contributed by atoms with E-state index in [1.54, 1.807) is 0 Å². The van der Waals surface area contributed by atoms with Crippen molar-refractivity contribution >= 4 is 0 Å². The Kier molecular flexibility index (Phi) is 9.11. The van der Waals surface area contributed by atoms with E-state index < -0.39 is 5.41 Å². The van der Waals surface area contributed by atoms with Crippen molar-refractivity contribution in [3.05, 3.63) is 277 Å². The molecule has 67 heavy (non-hydrogen) atoms. The van der Waals surface area contributed by atoms with E-state index in [4.69, 9.17) is 9.97 Å². The first-order valence-corrected chi connectivity index (χ1v) is 23.1. The van der Waals surface area contributed by atoms with Gasteiger partial charge in [-0.25, -0.2) is 9.97 Å². The maximum absolute atomic E-state index is 5.66. The molecular formula is C65H42N2. The zero-order chi connectivity index (χ0) is 44.3. The van der Waals surface area contributed by atoms with Gasteiger partial charge in [0.05, 0.1) is 16.8 Å². The van der Waals surface area contributed by atoms with Gasteiger partial charge >= 0.3 is 0 Å².